The SMILES string of the molecule is Cc1ccc(Cl)c(/C=C/CCBr)c1. The third-order valence-electron chi connectivity index (χ3n) is 1.72. The molecule has 0 saturated carbocycles. The van der Waals surface area contributed by atoms with Crippen molar-refractivity contribution in [3.8, 4) is 0 Å². The zero-order valence-electron chi connectivity index (χ0n) is 7.56. The number of alkyl halides is 1. The quantitative estimate of drug-likeness (QED) is 0.704. The van der Waals surface area contributed by atoms with Crippen molar-refractivity contribution in [1.29, 1.82) is 0 Å². The summed E-state index contributed by atoms with van der Waals surface area (Å²) in [7, 11) is 0. The van der Waals surface area contributed by atoms with Crippen molar-refractivity contribution < 1.29 is 0 Å². The third-order valence-corrected chi connectivity index (χ3v) is 2.53. The van der Waals surface area contributed by atoms with Gasteiger partial charge in [0, 0.05) is 10.4 Å². The van der Waals surface area contributed by atoms with E-state index in [1.54, 1.807) is 0 Å². The Morgan fingerprint density at radius 2 is 2.23 bits per heavy atom. The van der Waals surface area contributed by atoms with Gasteiger partial charge in [0.15, 0.2) is 0 Å². The number of aryl methyl sites for hydroxylation is 1. The first kappa shape index (κ1) is 10.8. The average Bonchev–Trinajstić information content (AvgIpc) is 2.11. The fourth-order valence-electron chi connectivity index (χ4n) is 1.06. The Hall–Kier alpha value is -0.270. The molecule has 1 aromatic rings. The normalized spacial score (nSPS) is 11.0. The molecule has 0 bridgehead atoms. The highest BCUT2D eigenvalue weighted by molar-refractivity contribution is 9.09. The van der Waals surface area contributed by atoms with Crippen LogP contribution in [0.3, 0.4) is 0 Å². The summed E-state index contributed by atoms with van der Waals surface area (Å²) in [5.41, 5.74) is 2.34. The molecule has 0 unspecified atom stereocenters. The molecule has 1 rings (SSSR count). The highest BCUT2D eigenvalue weighted by atomic mass is 79.9. The van der Waals surface area contributed by atoms with Crippen molar-refractivity contribution in [1.82, 2.24) is 0 Å². The molecule has 70 valence electrons. The standard InChI is InChI=1S/C11H12BrCl/c1-9-5-6-11(13)10(8-9)4-2-3-7-12/h2,4-6,8H,3,7H2,1H3/b4-2+. The van der Waals surface area contributed by atoms with Crippen molar-refractivity contribution in [3.63, 3.8) is 0 Å². The summed E-state index contributed by atoms with van der Waals surface area (Å²) in [6.07, 6.45) is 5.22. The van der Waals surface area contributed by atoms with Crippen LogP contribution in [-0.2, 0) is 0 Å². The summed E-state index contributed by atoms with van der Waals surface area (Å²) >= 11 is 9.38. The largest absolute Gasteiger partial charge is 0.0925 e. The van der Waals surface area contributed by atoms with Gasteiger partial charge in [-0.1, -0.05) is 57.4 Å². The van der Waals surface area contributed by atoms with Crippen LogP contribution in [0.15, 0.2) is 24.3 Å². The summed E-state index contributed by atoms with van der Waals surface area (Å²) in [6, 6.07) is 6.04. The Kier molecular flexibility index (Phi) is 4.54. The molecule has 2 heteroatoms. The number of allylic oxidation sites excluding steroid dienone is 1. The minimum atomic E-state index is 0.816. The number of halogens is 2. The molecule has 0 aliphatic rings. The Morgan fingerprint density at radius 1 is 1.46 bits per heavy atom. The Balaban J connectivity index is 2.81. The van der Waals surface area contributed by atoms with E-state index in [1.807, 2.05) is 12.1 Å². The molecule has 1 aromatic carbocycles. The predicted octanol–water partition coefficient (Wildman–Crippen LogP) is 4.45. The molecule has 0 aromatic heterocycles. The number of rotatable bonds is 3. The molecular formula is C11H12BrCl. The van der Waals surface area contributed by atoms with Crippen LogP contribution in [-0.4, -0.2) is 5.33 Å². The zero-order valence-corrected chi connectivity index (χ0v) is 9.90. The van der Waals surface area contributed by atoms with Gasteiger partial charge in [0.25, 0.3) is 0 Å². The molecule has 0 aliphatic heterocycles. The van der Waals surface area contributed by atoms with Gasteiger partial charge in [0.1, 0.15) is 0 Å². The predicted molar refractivity (Wildman–Crippen MR) is 63.6 cm³/mol. The number of benzene rings is 1. The lowest BCUT2D eigenvalue weighted by molar-refractivity contribution is 1.27. The van der Waals surface area contributed by atoms with Crippen molar-refractivity contribution >= 4 is 33.6 Å². The molecular weight excluding hydrogens is 247 g/mol. The van der Waals surface area contributed by atoms with Crippen LogP contribution in [0.5, 0.6) is 0 Å². The molecule has 0 radical (unpaired) electrons. The number of hydrogen-bond donors (Lipinski definition) is 0. The van der Waals surface area contributed by atoms with E-state index >= 15 is 0 Å². The average molecular weight is 260 g/mol. The first-order valence-corrected chi connectivity index (χ1v) is 5.72. The van der Waals surface area contributed by atoms with Gasteiger partial charge in [-0.15, -0.1) is 0 Å². The molecule has 0 fully saturated rings. The minimum absolute atomic E-state index is 0.816. The smallest absolute Gasteiger partial charge is 0.0478 e. The fraction of sp³-hybridized carbons (Fsp3) is 0.273. The van der Waals surface area contributed by atoms with Crippen LogP contribution in [0.2, 0.25) is 5.02 Å². The molecule has 0 atom stereocenters. The van der Waals surface area contributed by atoms with E-state index in [2.05, 4.69) is 41.1 Å². The van der Waals surface area contributed by atoms with Gasteiger partial charge in [-0.2, -0.15) is 0 Å². The van der Waals surface area contributed by atoms with Gasteiger partial charge in [-0.25, -0.2) is 0 Å². The Bertz CT molecular complexity index is 305. The maximum atomic E-state index is 6.01. The molecule has 0 amide bonds. The van der Waals surface area contributed by atoms with Gasteiger partial charge >= 0.3 is 0 Å². The van der Waals surface area contributed by atoms with E-state index in [-0.39, 0.29) is 0 Å². The van der Waals surface area contributed by atoms with Crippen molar-refractivity contribution in [2.75, 3.05) is 5.33 Å². The zero-order chi connectivity index (χ0) is 9.68. The second-order valence-corrected chi connectivity index (χ2v) is 4.11. The highest BCUT2D eigenvalue weighted by Crippen LogP contribution is 2.18. The summed E-state index contributed by atoms with van der Waals surface area (Å²) in [4.78, 5) is 0. The van der Waals surface area contributed by atoms with Crippen LogP contribution in [0.4, 0.5) is 0 Å². The van der Waals surface area contributed by atoms with Gasteiger partial charge in [-0.05, 0) is 25.0 Å². The molecule has 0 N–H and O–H groups in total. The monoisotopic (exact) mass is 258 g/mol. The molecule has 0 saturated heterocycles. The minimum Gasteiger partial charge on any atom is -0.0925 e. The van der Waals surface area contributed by atoms with E-state index in [1.165, 1.54) is 5.56 Å². The van der Waals surface area contributed by atoms with Gasteiger partial charge < -0.3 is 0 Å². The second-order valence-electron chi connectivity index (χ2n) is 2.90. The molecule has 0 aliphatic carbocycles. The molecule has 13 heavy (non-hydrogen) atoms. The summed E-state index contributed by atoms with van der Waals surface area (Å²) in [5, 5.41) is 1.81. The van der Waals surface area contributed by atoms with E-state index in [4.69, 9.17) is 11.6 Å². The second kappa shape index (κ2) is 5.46. The lowest BCUT2D eigenvalue weighted by Gasteiger charge is -1.99. The topological polar surface area (TPSA) is 0 Å². The first-order chi connectivity index (χ1) is 6.24. The van der Waals surface area contributed by atoms with Crippen molar-refractivity contribution in [3.05, 3.63) is 40.4 Å². The van der Waals surface area contributed by atoms with Gasteiger partial charge in [-0.3, -0.25) is 0 Å². The van der Waals surface area contributed by atoms with E-state index in [9.17, 15) is 0 Å². The maximum Gasteiger partial charge on any atom is 0.0478 e. The van der Waals surface area contributed by atoms with Gasteiger partial charge in [0.05, 0.1) is 0 Å². The first-order valence-electron chi connectivity index (χ1n) is 4.22. The van der Waals surface area contributed by atoms with E-state index < -0.39 is 0 Å². The van der Waals surface area contributed by atoms with Crippen molar-refractivity contribution in [2.45, 2.75) is 13.3 Å². The molecule has 0 nitrogen and oxygen atoms in total. The van der Waals surface area contributed by atoms with Crippen LogP contribution >= 0.6 is 27.5 Å². The van der Waals surface area contributed by atoms with E-state index in [0.29, 0.717) is 0 Å². The fourth-order valence-corrected chi connectivity index (χ4v) is 1.51. The van der Waals surface area contributed by atoms with Crippen molar-refractivity contribution in [2.24, 2.45) is 0 Å². The molecule has 0 spiro atoms. The Morgan fingerprint density at radius 3 is 2.92 bits per heavy atom. The van der Waals surface area contributed by atoms with Crippen LogP contribution < -0.4 is 0 Å². The Labute approximate surface area is 92.7 Å². The highest BCUT2D eigenvalue weighted by Gasteiger charge is 1.95. The number of hydrogen-bond acceptors (Lipinski definition) is 0. The van der Waals surface area contributed by atoms with Crippen LogP contribution in [0.25, 0.3) is 6.08 Å². The van der Waals surface area contributed by atoms with Crippen LogP contribution in [0.1, 0.15) is 17.5 Å². The van der Waals surface area contributed by atoms with E-state index in [0.717, 1.165) is 22.3 Å². The van der Waals surface area contributed by atoms with Gasteiger partial charge in [0.2, 0.25) is 0 Å². The lowest BCUT2D eigenvalue weighted by atomic mass is 10.1. The molecule has 0 heterocycles. The van der Waals surface area contributed by atoms with Crippen LogP contribution in [0, 0.1) is 6.92 Å². The third kappa shape index (κ3) is 3.53. The summed E-state index contributed by atoms with van der Waals surface area (Å²) < 4.78 is 0. The maximum absolute atomic E-state index is 6.01. The lowest BCUT2D eigenvalue weighted by Crippen LogP contribution is -1.78. The summed E-state index contributed by atoms with van der Waals surface area (Å²) in [5.74, 6) is 0. The summed E-state index contributed by atoms with van der Waals surface area (Å²) in [6.45, 7) is 2.07.